The number of halogens is 2. The van der Waals surface area contributed by atoms with Crippen LogP contribution in [-0.4, -0.2) is 5.11 Å². The molecule has 0 bridgehead atoms. The Morgan fingerprint density at radius 1 is 0.905 bits per heavy atom. The molecule has 0 amide bonds. The number of benzene rings is 3. The summed E-state index contributed by atoms with van der Waals surface area (Å²) in [7, 11) is 0. The van der Waals surface area contributed by atoms with Gasteiger partial charge in [0.2, 0.25) is 0 Å². The minimum Gasteiger partial charge on any atom is -0.388 e. The minimum atomic E-state index is -1.00. The van der Waals surface area contributed by atoms with Crippen LogP contribution >= 0.6 is 0 Å². The van der Waals surface area contributed by atoms with Gasteiger partial charge >= 0.3 is 0 Å². The van der Waals surface area contributed by atoms with Crippen LogP contribution in [0.2, 0.25) is 0 Å². The van der Waals surface area contributed by atoms with Crippen molar-refractivity contribution in [3.8, 4) is 0 Å². The number of aliphatic hydroxyl groups excluding tert-OH is 1. The Hall–Kier alpha value is -2.26. The van der Waals surface area contributed by atoms with Crippen LogP contribution in [0.15, 0.2) is 60.7 Å². The van der Waals surface area contributed by atoms with Crippen molar-refractivity contribution >= 4 is 10.8 Å². The second-order valence-corrected chi connectivity index (χ2v) is 5.02. The molecule has 106 valence electrons. The Bertz CT molecular complexity index is 778. The van der Waals surface area contributed by atoms with E-state index in [4.69, 9.17) is 0 Å². The molecule has 1 nitrogen and oxygen atoms in total. The summed E-state index contributed by atoms with van der Waals surface area (Å²) >= 11 is 0. The summed E-state index contributed by atoms with van der Waals surface area (Å²) in [5.41, 5.74) is 1.05. The van der Waals surface area contributed by atoms with Crippen molar-refractivity contribution in [3.05, 3.63) is 83.4 Å². The van der Waals surface area contributed by atoms with Gasteiger partial charge in [0, 0.05) is 18.1 Å². The standard InChI is InChI=1S/C18H14F2O/c19-14-8-9-16(17(20)11-14)18(21)10-13-6-3-5-12-4-1-2-7-15(12)13/h1-9,11,18,21H,10H2. The van der Waals surface area contributed by atoms with Gasteiger partial charge < -0.3 is 5.11 Å². The molecule has 0 radical (unpaired) electrons. The highest BCUT2D eigenvalue weighted by molar-refractivity contribution is 5.85. The largest absolute Gasteiger partial charge is 0.388 e. The molecule has 0 fully saturated rings. The Kier molecular flexibility index (Phi) is 3.67. The van der Waals surface area contributed by atoms with E-state index in [1.54, 1.807) is 0 Å². The van der Waals surface area contributed by atoms with Crippen molar-refractivity contribution in [2.24, 2.45) is 0 Å². The lowest BCUT2D eigenvalue weighted by atomic mass is 9.96. The first-order valence-corrected chi connectivity index (χ1v) is 6.75. The lowest BCUT2D eigenvalue weighted by Gasteiger charge is -2.14. The Morgan fingerprint density at radius 3 is 2.48 bits per heavy atom. The number of aliphatic hydroxyl groups is 1. The highest BCUT2D eigenvalue weighted by Crippen LogP contribution is 2.26. The first kappa shape index (κ1) is 13.7. The fourth-order valence-corrected chi connectivity index (χ4v) is 2.56. The van der Waals surface area contributed by atoms with E-state index in [0.29, 0.717) is 0 Å². The molecule has 0 aliphatic rings. The third-order valence-corrected chi connectivity index (χ3v) is 3.61. The predicted octanol–water partition coefficient (Wildman–Crippen LogP) is 4.39. The number of hydrogen-bond donors (Lipinski definition) is 1. The average Bonchev–Trinajstić information content (AvgIpc) is 2.47. The molecule has 1 N–H and O–H groups in total. The summed E-state index contributed by atoms with van der Waals surface area (Å²) in [6.07, 6.45) is -0.722. The van der Waals surface area contributed by atoms with Crippen LogP contribution in [0, 0.1) is 11.6 Å². The van der Waals surface area contributed by atoms with Gasteiger partial charge in [-0.15, -0.1) is 0 Å². The summed E-state index contributed by atoms with van der Waals surface area (Å²) < 4.78 is 26.6. The molecular formula is C18H14F2O. The van der Waals surface area contributed by atoms with E-state index >= 15 is 0 Å². The van der Waals surface area contributed by atoms with Crippen LogP contribution in [0.4, 0.5) is 8.78 Å². The van der Waals surface area contributed by atoms with E-state index in [2.05, 4.69) is 0 Å². The van der Waals surface area contributed by atoms with E-state index in [-0.39, 0.29) is 12.0 Å². The lowest BCUT2D eigenvalue weighted by Crippen LogP contribution is -2.05. The van der Waals surface area contributed by atoms with Crippen LogP contribution in [-0.2, 0) is 6.42 Å². The van der Waals surface area contributed by atoms with Gasteiger partial charge in [-0.25, -0.2) is 8.78 Å². The quantitative estimate of drug-likeness (QED) is 0.756. The topological polar surface area (TPSA) is 20.2 Å². The van der Waals surface area contributed by atoms with Gasteiger partial charge in [-0.3, -0.25) is 0 Å². The Balaban J connectivity index is 1.94. The van der Waals surface area contributed by atoms with Crippen molar-refractivity contribution in [2.75, 3.05) is 0 Å². The van der Waals surface area contributed by atoms with Gasteiger partial charge in [0.05, 0.1) is 6.10 Å². The van der Waals surface area contributed by atoms with Crippen LogP contribution in [0.25, 0.3) is 10.8 Å². The second kappa shape index (κ2) is 5.62. The van der Waals surface area contributed by atoms with Gasteiger partial charge in [0.25, 0.3) is 0 Å². The number of fused-ring (bicyclic) bond motifs is 1. The third kappa shape index (κ3) is 2.78. The summed E-state index contributed by atoms with van der Waals surface area (Å²) in [5.74, 6) is -1.36. The monoisotopic (exact) mass is 284 g/mol. The summed E-state index contributed by atoms with van der Waals surface area (Å²) in [6, 6.07) is 16.9. The van der Waals surface area contributed by atoms with Gasteiger partial charge in [0.1, 0.15) is 11.6 Å². The highest BCUT2D eigenvalue weighted by atomic mass is 19.1. The summed E-state index contributed by atoms with van der Waals surface area (Å²) in [5, 5.41) is 12.3. The number of hydrogen-bond acceptors (Lipinski definition) is 1. The van der Waals surface area contributed by atoms with E-state index < -0.39 is 17.7 Å². The molecule has 0 aliphatic carbocycles. The predicted molar refractivity (Wildman–Crippen MR) is 79.0 cm³/mol. The zero-order chi connectivity index (χ0) is 14.8. The molecule has 0 saturated carbocycles. The molecule has 21 heavy (non-hydrogen) atoms. The smallest absolute Gasteiger partial charge is 0.131 e. The Morgan fingerprint density at radius 2 is 1.67 bits per heavy atom. The van der Waals surface area contributed by atoms with Crippen molar-refractivity contribution in [2.45, 2.75) is 12.5 Å². The fraction of sp³-hybridized carbons (Fsp3) is 0.111. The second-order valence-electron chi connectivity index (χ2n) is 5.02. The van der Waals surface area contributed by atoms with Crippen LogP contribution < -0.4 is 0 Å². The molecule has 0 aliphatic heterocycles. The molecule has 3 aromatic carbocycles. The zero-order valence-corrected chi connectivity index (χ0v) is 11.3. The van der Waals surface area contributed by atoms with E-state index in [0.717, 1.165) is 28.5 Å². The maximum absolute atomic E-state index is 13.7. The third-order valence-electron chi connectivity index (χ3n) is 3.61. The molecule has 1 unspecified atom stereocenters. The van der Waals surface area contributed by atoms with Crippen molar-refractivity contribution < 1.29 is 13.9 Å². The molecule has 0 aromatic heterocycles. The molecule has 1 atom stereocenters. The maximum atomic E-state index is 13.7. The molecule has 3 heteroatoms. The summed E-state index contributed by atoms with van der Waals surface area (Å²) in [6.45, 7) is 0. The van der Waals surface area contributed by atoms with Crippen molar-refractivity contribution in [1.82, 2.24) is 0 Å². The van der Waals surface area contributed by atoms with E-state index in [1.165, 1.54) is 6.07 Å². The SMILES string of the molecule is OC(Cc1cccc2ccccc12)c1ccc(F)cc1F. The molecule has 3 rings (SSSR count). The van der Waals surface area contributed by atoms with Crippen LogP contribution in [0.1, 0.15) is 17.2 Å². The normalized spacial score (nSPS) is 12.5. The van der Waals surface area contributed by atoms with Gasteiger partial charge in [-0.2, -0.15) is 0 Å². The minimum absolute atomic E-state index is 0.115. The van der Waals surface area contributed by atoms with Gasteiger partial charge in [0.15, 0.2) is 0 Å². The zero-order valence-electron chi connectivity index (χ0n) is 11.3. The van der Waals surface area contributed by atoms with Crippen molar-refractivity contribution in [1.29, 1.82) is 0 Å². The van der Waals surface area contributed by atoms with Gasteiger partial charge in [-0.05, 0) is 22.4 Å². The average molecular weight is 284 g/mol. The van der Waals surface area contributed by atoms with Crippen LogP contribution in [0.3, 0.4) is 0 Å². The number of rotatable bonds is 3. The summed E-state index contributed by atoms with van der Waals surface area (Å²) in [4.78, 5) is 0. The molecule has 0 heterocycles. The van der Waals surface area contributed by atoms with E-state index in [9.17, 15) is 13.9 Å². The first-order chi connectivity index (χ1) is 10.1. The lowest BCUT2D eigenvalue weighted by molar-refractivity contribution is 0.174. The highest BCUT2D eigenvalue weighted by Gasteiger charge is 2.15. The first-order valence-electron chi connectivity index (χ1n) is 6.75. The van der Waals surface area contributed by atoms with Crippen LogP contribution in [0.5, 0.6) is 0 Å². The fourth-order valence-electron chi connectivity index (χ4n) is 2.56. The van der Waals surface area contributed by atoms with E-state index in [1.807, 2.05) is 42.5 Å². The molecule has 3 aromatic rings. The molecule has 0 spiro atoms. The Labute approximate surface area is 121 Å². The van der Waals surface area contributed by atoms with Crippen molar-refractivity contribution in [3.63, 3.8) is 0 Å². The molecular weight excluding hydrogens is 270 g/mol. The van der Waals surface area contributed by atoms with Gasteiger partial charge in [-0.1, -0.05) is 48.5 Å². The molecule has 0 saturated heterocycles. The maximum Gasteiger partial charge on any atom is 0.131 e.